The molecule has 0 aromatic heterocycles. The Labute approximate surface area is 70.5 Å². The average molecular weight is 176 g/mol. The summed E-state index contributed by atoms with van der Waals surface area (Å²) in [6.07, 6.45) is 9.56. The van der Waals surface area contributed by atoms with E-state index in [2.05, 4.69) is 6.26 Å². The molecule has 0 heterocycles. The fourth-order valence-electron chi connectivity index (χ4n) is 1.34. The molecular weight excluding hydrogens is 164 g/mol. The monoisotopic (exact) mass is 176 g/mol. The fraction of sp³-hybridized carbons (Fsp3) is 0.857. The van der Waals surface area contributed by atoms with E-state index in [-0.39, 0.29) is 4.08 Å². The van der Waals surface area contributed by atoms with E-state index in [1.807, 2.05) is 0 Å². The van der Waals surface area contributed by atoms with Gasteiger partial charge in [0, 0.05) is 23.3 Å². The second-order valence-corrected chi connectivity index (χ2v) is 4.98. The van der Waals surface area contributed by atoms with Crippen LogP contribution in [-0.4, -0.2) is 4.08 Å². The number of hydrogen-bond acceptors (Lipinski definition) is 2. The van der Waals surface area contributed by atoms with Gasteiger partial charge in [0.1, 0.15) is 0 Å². The Hall–Kier alpha value is 0.370. The van der Waals surface area contributed by atoms with E-state index < -0.39 is 0 Å². The molecule has 0 aromatic carbocycles. The molecule has 1 aliphatic rings. The molecule has 10 heavy (non-hydrogen) atoms. The van der Waals surface area contributed by atoms with E-state index in [0.717, 1.165) is 24.5 Å². The van der Waals surface area contributed by atoms with E-state index >= 15 is 0 Å². The topological polar surface area (TPSA) is 17.1 Å². The van der Waals surface area contributed by atoms with Crippen molar-refractivity contribution in [3.8, 4) is 0 Å². The van der Waals surface area contributed by atoms with E-state index in [0.29, 0.717) is 0 Å². The first-order valence-electron chi connectivity index (χ1n) is 3.57. The molecule has 0 amide bonds. The van der Waals surface area contributed by atoms with Gasteiger partial charge in [-0.1, -0.05) is 18.2 Å². The molecule has 0 N–H and O–H groups in total. The van der Waals surface area contributed by atoms with Gasteiger partial charge in [-0.15, -0.1) is 0 Å². The van der Waals surface area contributed by atoms with Crippen LogP contribution in [-0.2, 0) is 15.9 Å². The SMILES string of the molecule is [CH2]SC1([S+]=O)CCCCC1. The van der Waals surface area contributed by atoms with Crippen LogP contribution in [0.5, 0.6) is 0 Å². The van der Waals surface area contributed by atoms with Gasteiger partial charge in [-0.2, -0.15) is 0 Å². The van der Waals surface area contributed by atoms with Crippen molar-refractivity contribution >= 4 is 23.4 Å². The van der Waals surface area contributed by atoms with Crippen molar-refractivity contribution in [1.82, 2.24) is 0 Å². The number of hydrogen-bond donors (Lipinski definition) is 0. The second-order valence-electron chi connectivity index (χ2n) is 2.70. The average Bonchev–Trinajstić information content (AvgIpc) is 2.06. The predicted octanol–water partition coefficient (Wildman–Crippen LogP) is 2.60. The van der Waals surface area contributed by atoms with Crippen molar-refractivity contribution in [2.24, 2.45) is 0 Å². The minimum absolute atomic E-state index is 0.0712. The first-order chi connectivity index (χ1) is 4.83. The minimum Gasteiger partial charge on any atom is -0.0867 e. The Morgan fingerprint density at radius 2 is 1.90 bits per heavy atom. The summed E-state index contributed by atoms with van der Waals surface area (Å²) in [4.78, 5) is 0. The Bertz CT molecular complexity index is 119. The number of thioether (sulfide) groups is 1. The Morgan fingerprint density at radius 3 is 2.20 bits per heavy atom. The van der Waals surface area contributed by atoms with Crippen LogP contribution >= 0.6 is 11.8 Å². The molecule has 0 bridgehead atoms. The van der Waals surface area contributed by atoms with Gasteiger partial charge in [0.05, 0.1) is 0 Å². The standard InChI is InChI=1S/C7H12OS2/c1-9-7(10-8)5-3-2-4-6-7/h1-6H2/q+1. The molecule has 1 aliphatic carbocycles. The van der Waals surface area contributed by atoms with Crippen molar-refractivity contribution in [2.75, 3.05) is 0 Å². The maximum atomic E-state index is 10.7. The lowest BCUT2D eigenvalue weighted by atomic mass is 10.00. The summed E-state index contributed by atoms with van der Waals surface area (Å²) in [5, 5.41) is 0. The van der Waals surface area contributed by atoms with Crippen LogP contribution in [0, 0.1) is 6.26 Å². The molecule has 1 saturated carbocycles. The quantitative estimate of drug-likeness (QED) is 0.475. The van der Waals surface area contributed by atoms with E-state index in [1.165, 1.54) is 31.0 Å². The molecule has 57 valence electrons. The molecular formula is C7H12OS2+. The third-order valence-corrected chi connectivity index (χ3v) is 4.23. The van der Waals surface area contributed by atoms with E-state index in [1.54, 1.807) is 0 Å². The first kappa shape index (κ1) is 8.47. The summed E-state index contributed by atoms with van der Waals surface area (Å²) in [7, 11) is 0. The Balaban J connectivity index is 2.52. The van der Waals surface area contributed by atoms with Crippen molar-refractivity contribution in [1.29, 1.82) is 0 Å². The van der Waals surface area contributed by atoms with Crippen LogP contribution in [0.1, 0.15) is 32.1 Å². The summed E-state index contributed by atoms with van der Waals surface area (Å²) in [5.41, 5.74) is 0. The second kappa shape index (κ2) is 3.67. The van der Waals surface area contributed by atoms with Crippen molar-refractivity contribution in [2.45, 2.75) is 36.2 Å². The lowest BCUT2D eigenvalue weighted by molar-refractivity contribution is 0.479. The highest BCUT2D eigenvalue weighted by atomic mass is 32.2. The van der Waals surface area contributed by atoms with Gasteiger partial charge in [-0.25, -0.2) is 0 Å². The highest BCUT2D eigenvalue weighted by Crippen LogP contribution is 2.38. The molecule has 1 nitrogen and oxygen atoms in total. The molecule has 3 heteroatoms. The molecule has 0 aliphatic heterocycles. The van der Waals surface area contributed by atoms with Gasteiger partial charge < -0.3 is 0 Å². The smallest absolute Gasteiger partial charge is 0.0867 e. The fourth-order valence-corrected chi connectivity index (χ4v) is 2.57. The highest BCUT2D eigenvalue weighted by Gasteiger charge is 2.44. The summed E-state index contributed by atoms with van der Waals surface area (Å²) in [6, 6.07) is 0. The van der Waals surface area contributed by atoms with Crippen LogP contribution in [0.4, 0.5) is 0 Å². The minimum atomic E-state index is -0.0712. The molecule has 0 atom stereocenters. The van der Waals surface area contributed by atoms with Crippen molar-refractivity contribution in [3.63, 3.8) is 0 Å². The van der Waals surface area contributed by atoms with Crippen LogP contribution in [0.2, 0.25) is 0 Å². The van der Waals surface area contributed by atoms with Gasteiger partial charge in [0.2, 0.25) is 0 Å². The van der Waals surface area contributed by atoms with E-state index in [4.69, 9.17) is 0 Å². The van der Waals surface area contributed by atoms with Crippen LogP contribution < -0.4 is 0 Å². The summed E-state index contributed by atoms with van der Waals surface area (Å²) in [5.74, 6) is 0. The van der Waals surface area contributed by atoms with Gasteiger partial charge in [-0.05, 0) is 12.8 Å². The summed E-state index contributed by atoms with van der Waals surface area (Å²) < 4.78 is 10.6. The predicted molar refractivity (Wildman–Crippen MR) is 46.8 cm³/mol. The highest BCUT2D eigenvalue weighted by molar-refractivity contribution is 8.09. The van der Waals surface area contributed by atoms with Crippen LogP contribution in [0.3, 0.4) is 0 Å². The van der Waals surface area contributed by atoms with Gasteiger partial charge in [0.25, 0.3) is 4.08 Å². The normalized spacial score (nSPS) is 24.1. The van der Waals surface area contributed by atoms with Crippen molar-refractivity contribution < 1.29 is 4.21 Å². The zero-order valence-corrected chi connectivity index (χ0v) is 7.60. The summed E-state index contributed by atoms with van der Waals surface area (Å²) >= 11 is 2.24. The zero-order chi connectivity index (χ0) is 7.45. The van der Waals surface area contributed by atoms with Crippen molar-refractivity contribution in [3.05, 3.63) is 6.26 Å². The maximum Gasteiger partial charge on any atom is 0.477 e. The molecule has 0 saturated heterocycles. The molecule has 1 radical (unpaired) electrons. The third-order valence-electron chi connectivity index (χ3n) is 2.03. The lowest BCUT2D eigenvalue weighted by Crippen LogP contribution is -2.25. The van der Waals surface area contributed by atoms with E-state index in [9.17, 15) is 4.21 Å². The molecule has 0 spiro atoms. The number of rotatable bonds is 2. The molecule has 1 rings (SSSR count). The van der Waals surface area contributed by atoms with Crippen LogP contribution in [0.15, 0.2) is 0 Å². The van der Waals surface area contributed by atoms with Gasteiger partial charge in [-0.3, -0.25) is 0 Å². The van der Waals surface area contributed by atoms with Crippen LogP contribution in [0.25, 0.3) is 0 Å². The largest absolute Gasteiger partial charge is 0.477 e. The van der Waals surface area contributed by atoms with Gasteiger partial charge in [0.15, 0.2) is 0 Å². The lowest BCUT2D eigenvalue weighted by Gasteiger charge is -2.18. The first-order valence-corrected chi connectivity index (χ1v) is 5.30. The molecule has 0 unspecified atom stereocenters. The Kier molecular flexibility index (Phi) is 3.11. The molecule has 0 aromatic rings. The Morgan fingerprint density at radius 1 is 1.30 bits per heavy atom. The maximum absolute atomic E-state index is 10.7. The molecule has 1 fully saturated rings. The zero-order valence-electron chi connectivity index (χ0n) is 5.97. The van der Waals surface area contributed by atoms with Gasteiger partial charge >= 0.3 is 11.7 Å². The third kappa shape index (κ3) is 1.70. The summed E-state index contributed by atoms with van der Waals surface area (Å²) in [6.45, 7) is 0.